The van der Waals surface area contributed by atoms with Crippen molar-refractivity contribution in [2.45, 2.75) is 38.8 Å². The highest BCUT2D eigenvalue weighted by atomic mass is 16.2. The summed E-state index contributed by atoms with van der Waals surface area (Å²) >= 11 is 0. The molecule has 1 amide bonds. The van der Waals surface area contributed by atoms with E-state index in [9.17, 15) is 4.79 Å². The third-order valence-electron chi connectivity index (χ3n) is 5.96. The van der Waals surface area contributed by atoms with Crippen molar-refractivity contribution >= 4 is 17.8 Å². The SMILES string of the molecule is Cc1cccc([C@@H](C)NC(=O)C2=NC3(C)Cc4c(-c5ccncc5)n[nH]c4C=C3N2)c1. The van der Waals surface area contributed by atoms with Crippen LogP contribution >= 0.6 is 0 Å². The van der Waals surface area contributed by atoms with Crippen molar-refractivity contribution in [1.82, 2.24) is 25.8 Å². The molecule has 0 spiro atoms. The molecular weight excluding hydrogens is 388 g/mol. The molecule has 3 heterocycles. The number of hydrogen-bond donors (Lipinski definition) is 3. The number of aromatic amines is 1. The molecule has 1 aromatic carbocycles. The molecule has 7 heteroatoms. The van der Waals surface area contributed by atoms with Crippen LogP contribution in [0.2, 0.25) is 0 Å². The summed E-state index contributed by atoms with van der Waals surface area (Å²) in [6.07, 6.45) is 6.18. The van der Waals surface area contributed by atoms with E-state index in [1.54, 1.807) is 12.4 Å². The second kappa shape index (κ2) is 7.19. The van der Waals surface area contributed by atoms with Gasteiger partial charge in [-0.15, -0.1) is 0 Å². The molecule has 156 valence electrons. The van der Waals surface area contributed by atoms with E-state index in [0.29, 0.717) is 12.3 Å². The number of nitrogens with zero attached hydrogens (tertiary/aromatic N) is 3. The van der Waals surface area contributed by atoms with E-state index in [-0.39, 0.29) is 11.9 Å². The Morgan fingerprint density at radius 3 is 2.81 bits per heavy atom. The van der Waals surface area contributed by atoms with Crippen LogP contribution in [0.3, 0.4) is 0 Å². The van der Waals surface area contributed by atoms with Gasteiger partial charge in [0.05, 0.1) is 17.4 Å². The number of amidine groups is 1. The molecule has 7 nitrogen and oxygen atoms in total. The van der Waals surface area contributed by atoms with Crippen LogP contribution in [0.25, 0.3) is 17.3 Å². The van der Waals surface area contributed by atoms with Crippen LogP contribution in [-0.4, -0.2) is 32.5 Å². The summed E-state index contributed by atoms with van der Waals surface area (Å²) < 4.78 is 0. The first-order valence-electron chi connectivity index (χ1n) is 10.4. The molecule has 3 aromatic rings. The number of H-pyrrole nitrogens is 1. The Balaban J connectivity index is 1.38. The van der Waals surface area contributed by atoms with E-state index in [1.807, 2.05) is 57.2 Å². The van der Waals surface area contributed by atoms with Gasteiger partial charge in [0.1, 0.15) is 5.54 Å². The molecule has 0 bridgehead atoms. The molecule has 0 saturated heterocycles. The zero-order chi connectivity index (χ0) is 21.6. The van der Waals surface area contributed by atoms with Gasteiger partial charge in [0.15, 0.2) is 5.84 Å². The lowest BCUT2D eigenvalue weighted by atomic mass is 9.84. The maximum atomic E-state index is 12.9. The fourth-order valence-electron chi connectivity index (χ4n) is 4.23. The van der Waals surface area contributed by atoms with Gasteiger partial charge in [-0.3, -0.25) is 19.9 Å². The number of nitrogens with one attached hydrogen (secondary N) is 3. The first-order valence-corrected chi connectivity index (χ1v) is 10.4. The number of aliphatic imine (C=N–C) groups is 1. The van der Waals surface area contributed by atoms with Crippen LogP contribution in [0.4, 0.5) is 0 Å². The number of aryl methyl sites for hydroxylation is 1. The normalized spacial score (nSPS) is 20.1. The van der Waals surface area contributed by atoms with Gasteiger partial charge in [-0.25, -0.2) is 0 Å². The Labute approximate surface area is 180 Å². The molecule has 0 saturated carbocycles. The molecule has 2 atom stereocenters. The van der Waals surface area contributed by atoms with E-state index in [4.69, 9.17) is 4.99 Å². The number of rotatable bonds is 4. The minimum atomic E-state index is -0.530. The molecule has 5 rings (SSSR count). The number of carbonyl (C=O) groups excluding carboxylic acids is 1. The Morgan fingerprint density at radius 2 is 2.03 bits per heavy atom. The summed E-state index contributed by atoms with van der Waals surface area (Å²) in [6, 6.07) is 11.9. The summed E-state index contributed by atoms with van der Waals surface area (Å²) in [4.78, 5) is 21.8. The van der Waals surface area contributed by atoms with Crippen molar-refractivity contribution < 1.29 is 4.79 Å². The van der Waals surface area contributed by atoms with E-state index in [1.165, 1.54) is 5.56 Å². The average molecular weight is 412 g/mol. The molecule has 0 fully saturated rings. The third kappa shape index (κ3) is 3.42. The highest BCUT2D eigenvalue weighted by molar-refractivity contribution is 6.39. The van der Waals surface area contributed by atoms with Crippen molar-refractivity contribution in [1.29, 1.82) is 0 Å². The second-order valence-electron chi connectivity index (χ2n) is 8.40. The van der Waals surface area contributed by atoms with Crippen LogP contribution in [0.1, 0.15) is 42.3 Å². The number of amides is 1. The van der Waals surface area contributed by atoms with Gasteiger partial charge in [-0.1, -0.05) is 29.8 Å². The molecule has 31 heavy (non-hydrogen) atoms. The molecule has 1 aliphatic heterocycles. The van der Waals surface area contributed by atoms with Crippen molar-refractivity contribution in [2.24, 2.45) is 4.99 Å². The Morgan fingerprint density at radius 1 is 1.23 bits per heavy atom. The van der Waals surface area contributed by atoms with Crippen LogP contribution in [0, 0.1) is 6.92 Å². The monoisotopic (exact) mass is 412 g/mol. The molecule has 1 aliphatic carbocycles. The topological polar surface area (TPSA) is 95.1 Å². The van der Waals surface area contributed by atoms with Crippen LogP contribution in [-0.2, 0) is 11.2 Å². The van der Waals surface area contributed by atoms with Gasteiger partial charge in [0, 0.05) is 35.6 Å². The zero-order valence-electron chi connectivity index (χ0n) is 17.7. The van der Waals surface area contributed by atoms with Crippen molar-refractivity contribution in [3.05, 3.63) is 76.9 Å². The van der Waals surface area contributed by atoms with Crippen molar-refractivity contribution in [3.63, 3.8) is 0 Å². The van der Waals surface area contributed by atoms with Gasteiger partial charge in [0.2, 0.25) is 0 Å². The molecule has 1 unspecified atom stereocenters. The number of carbonyl (C=O) groups is 1. The summed E-state index contributed by atoms with van der Waals surface area (Å²) in [5, 5.41) is 13.9. The van der Waals surface area contributed by atoms with Gasteiger partial charge in [0.25, 0.3) is 5.91 Å². The third-order valence-corrected chi connectivity index (χ3v) is 5.96. The summed E-state index contributed by atoms with van der Waals surface area (Å²) in [7, 11) is 0. The standard InChI is InChI=1S/C24H24N6O/c1-14-5-4-6-17(11-14)15(2)26-23(31)22-27-20-12-19-18(13-24(20,3)28-22)21(30-29-19)16-7-9-25-10-8-16/h4-12,15H,13H2,1-3H3,(H,26,31)(H,27,28)(H,29,30)/t15-,24?/m1/s1. The van der Waals surface area contributed by atoms with Crippen molar-refractivity contribution in [3.8, 4) is 11.3 Å². The second-order valence-corrected chi connectivity index (χ2v) is 8.40. The first-order chi connectivity index (χ1) is 14.9. The lowest BCUT2D eigenvalue weighted by molar-refractivity contribution is -0.115. The van der Waals surface area contributed by atoms with Gasteiger partial charge >= 0.3 is 0 Å². The lowest BCUT2D eigenvalue weighted by Crippen LogP contribution is -2.39. The number of hydrogen-bond acceptors (Lipinski definition) is 5. The molecular formula is C24H24N6O. The van der Waals surface area contributed by atoms with E-state index >= 15 is 0 Å². The Bertz CT molecular complexity index is 1230. The highest BCUT2D eigenvalue weighted by Gasteiger charge is 2.42. The lowest BCUT2D eigenvalue weighted by Gasteiger charge is -2.26. The minimum Gasteiger partial charge on any atom is -0.343 e. The predicted molar refractivity (Wildman–Crippen MR) is 120 cm³/mol. The van der Waals surface area contributed by atoms with Gasteiger partial charge in [-0.05, 0) is 44.5 Å². The maximum Gasteiger partial charge on any atom is 0.287 e. The largest absolute Gasteiger partial charge is 0.343 e. The number of fused-ring (bicyclic) bond motifs is 2. The highest BCUT2D eigenvalue weighted by Crippen LogP contribution is 2.39. The summed E-state index contributed by atoms with van der Waals surface area (Å²) in [5.41, 5.74) is 6.55. The van der Waals surface area contributed by atoms with Gasteiger partial charge in [-0.2, -0.15) is 5.10 Å². The fourth-order valence-corrected chi connectivity index (χ4v) is 4.23. The molecule has 2 aromatic heterocycles. The molecule has 3 N–H and O–H groups in total. The number of pyridine rings is 1. The first kappa shape index (κ1) is 19.2. The molecule has 2 aliphatic rings. The van der Waals surface area contributed by atoms with Crippen LogP contribution in [0.15, 0.2) is 59.5 Å². The predicted octanol–water partition coefficient (Wildman–Crippen LogP) is 3.31. The summed E-state index contributed by atoms with van der Waals surface area (Å²) in [5.74, 6) is 0.138. The average Bonchev–Trinajstić information content (AvgIpc) is 3.32. The van der Waals surface area contributed by atoms with E-state index in [2.05, 4.69) is 31.9 Å². The van der Waals surface area contributed by atoms with Crippen molar-refractivity contribution in [2.75, 3.05) is 0 Å². The quantitative estimate of drug-likeness (QED) is 0.613. The number of aromatic nitrogens is 3. The maximum absolute atomic E-state index is 12.9. The van der Waals surface area contributed by atoms with Crippen LogP contribution in [0.5, 0.6) is 0 Å². The zero-order valence-corrected chi connectivity index (χ0v) is 17.7. The van der Waals surface area contributed by atoms with E-state index in [0.717, 1.165) is 33.8 Å². The Kier molecular flexibility index (Phi) is 4.46. The molecule has 0 radical (unpaired) electrons. The summed E-state index contributed by atoms with van der Waals surface area (Å²) in [6.45, 7) is 6.07. The van der Waals surface area contributed by atoms with E-state index < -0.39 is 5.54 Å². The smallest absolute Gasteiger partial charge is 0.287 e. The Hall–Kier alpha value is -3.74. The number of benzene rings is 1. The minimum absolute atomic E-state index is 0.114. The van der Waals surface area contributed by atoms with Gasteiger partial charge < -0.3 is 10.6 Å². The van der Waals surface area contributed by atoms with Crippen LogP contribution < -0.4 is 10.6 Å². The fraction of sp³-hybridized carbons (Fsp3) is 0.250.